The topological polar surface area (TPSA) is 0 Å². The monoisotopic (exact) mass is 448 g/mol. The number of rotatable bonds is 6. The summed E-state index contributed by atoms with van der Waals surface area (Å²) in [6.45, 7) is 0. The van der Waals surface area contributed by atoms with E-state index in [-0.39, 0.29) is 10.6 Å². The number of hydrogen-bond acceptors (Lipinski definition) is 0. The first-order valence-electron chi connectivity index (χ1n) is 10.1. The summed E-state index contributed by atoms with van der Waals surface area (Å²) in [6, 6.07) is 37.8. The quantitative estimate of drug-likeness (QED) is 0.162. The third kappa shape index (κ3) is 5.01. The third-order valence-corrected chi connectivity index (χ3v) is 6.30. The first-order chi connectivity index (χ1) is 14.7. The van der Waals surface area contributed by atoms with Gasteiger partial charge in [-0.05, 0) is 39.2 Å². The van der Waals surface area contributed by atoms with Gasteiger partial charge in [0.15, 0.2) is 0 Å². The molecule has 0 bridgehead atoms. The highest BCUT2D eigenvalue weighted by atomic mass is 79.9. The zero-order chi connectivity index (χ0) is 20.8. The van der Waals surface area contributed by atoms with E-state index in [1.807, 2.05) is 24.3 Å². The van der Waals surface area contributed by atoms with E-state index < -0.39 is 0 Å². The smallest absolute Gasteiger partial charge is 0.0786 e. The largest absolute Gasteiger partial charge is 0.0828 e. The van der Waals surface area contributed by atoms with Gasteiger partial charge in [0.25, 0.3) is 0 Å². The van der Waals surface area contributed by atoms with Crippen molar-refractivity contribution < 1.29 is 0 Å². The van der Waals surface area contributed by atoms with Gasteiger partial charge in [0.2, 0.25) is 0 Å². The average molecular weight is 449 g/mol. The lowest BCUT2D eigenvalue weighted by Gasteiger charge is -2.13. The van der Waals surface area contributed by atoms with Gasteiger partial charge in [0.05, 0.1) is 12.7 Å². The second kappa shape index (κ2) is 9.78. The molecule has 4 aromatic rings. The molecule has 0 saturated heterocycles. The number of hydrogen-bond donors (Lipinski definition) is 0. The summed E-state index contributed by atoms with van der Waals surface area (Å²) in [5.41, 5.74) is 7.09. The van der Waals surface area contributed by atoms with Crippen LogP contribution in [0, 0.1) is 0 Å². The van der Waals surface area contributed by atoms with Crippen molar-refractivity contribution in [3.63, 3.8) is 0 Å². The second-order valence-electron chi connectivity index (χ2n) is 7.33. The molecule has 2 radical (unpaired) electrons. The predicted octanol–water partition coefficient (Wildman–Crippen LogP) is 7.60. The molecular weight excluding hydrogens is 427 g/mol. The van der Waals surface area contributed by atoms with Crippen molar-refractivity contribution in [2.24, 2.45) is 0 Å². The molecule has 0 spiro atoms. The number of benzene rings is 4. The van der Waals surface area contributed by atoms with Crippen molar-refractivity contribution in [1.82, 2.24) is 0 Å². The third-order valence-electron chi connectivity index (χ3n) is 5.24. The first-order valence-corrected chi connectivity index (χ1v) is 11.0. The van der Waals surface area contributed by atoms with Crippen LogP contribution in [-0.2, 0) is 0 Å². The van der Waals surface area contributed by atoms with Crippen molar-refractivity contribution >= 4 is 35.9 Å². The van der Waals surface area contributed by atoms with Crippen LogP contribution in [0.1, 0.15) is 44.0 Å². The summed E-state index contributed by atoms with van der Waals surface area (Å²) < 4.78 is 0. The molecule has 0 nitrogen and oxygen atoms in total. The van der Waals surface area contributed by atoms with Crippen molar-refractivity contribution in [3.05, 3.63) is 143 Å². The second-order valence-corrected chi connectivity index (χ2v) is 8.24. The van der Waals surface area contributed by atoms with E-state index >= 15 is 0 Å². The minimum absolute atomic E-state index is 0.0985. The molecule has 0 heterocycles. The summed E-state index contributed by atoms with van der Waals surface area (Å²) in [5, 5.41) is 0. The van der Waals surface area contributed by atoms with Gasteiger partial charge in [-0.15, -0.1) is 0 Å². The van der Waals surface area contributed by atoms with Crippen LogP contribution in [0.3, 0.4) is 0 Å². The maximum Gasteiger partial charge on any atom is 0.0828 e. The lowest BCUT2D eigenvalue weighted by molar-refractivity contribution is 1.14. The highest BCUT2D eigenvalue weighted by molar-refractivity contribution is 9.09. The lowest BCUT2D eigenvalue weighted by atomic mass is 9.76. The van der Waals surface area contributed by atoms with Gasteiger partial charge in [-0.3, -0.25) is 0 Å². The highest BCUT2D eigenvalue weighted by Gasteiger charge is 2.09. The Labute approximate surface area is 188 Å². The molecule has 144 valence electrons. The Morgan fingerprint density at radius 2 is 0.867 bits per heavy atom. The molecule has 30 heavy (non-hydrogen) atoms. The van der Waals surface area contributed by atoms with Gasteiger partial charge in [-0.2, -0.15) is 0 Å². The van der Waals surface area contributed by atoms with Crippen LogP contribution >= 0.6 is 15.9 Å². The molecule has 0 aliphatic heterocycles. The summed E-state index contributed by atoms with van der Waals surface area (Å²) in [6.07, 6.45) is 4.28. The predicted molar refractivity (Wildman–Crippen MR) is 133 cm³/mol. The molecule has 0 fully saturated rings. The molecule has 0 N–H and O–H groups in total. The average Bonchev–Trinajstić information content (AvgIpc) is 2.83. The van der Waals surface area contributed by atoms with Crippen LogP contribution in [0.25, 0.3) is 12.2 Å². The van der Waals surface area contributed by atoms with Gasteiger partial charge in [-0.1, -0.05) is 137 Å². The van der Waals surface area contributed by atoms with Crippen LogP contribution in [0.4, 0.5) is 0 Å². The molecular formula is C28H22BBr. The van der Waals surface area contributed by atoms with Crippen LogP contribution in [0.15, 0.2) is 109 Å². The SMILES string of the molecule is [B]C(c1ccccc1)c1ccc(/C=C/c2ccc(C(Br)c3ccccc3)cc2)cc1. The lowest BCUT2D eigenvalue weighted by Crippen LogP contribution is -1.99. The zero-order valence-corrected chi connectivity index (χ0v) is 18.2. The van der Waals surface area contributed by atoms with Crippen LogP contribution < -0.4 is 0 Å². The Morgan fingerprint density at radius 3 is 1.37 bits per heavy atom. The Balaban J connectivity index is 1.42. The van der Waals surface area contributed by atoms with E-state index in [1.54, 1.807) is 0 Å². The van der Waals surface area contributed by atoms with Gasteiger partial charge in [0, 0.05) is 0 Å². The van der Waals surface area contributed by atoms with Gasteiger partial charge in [0.1, 0.15) is 0 Å². The summed E-state index contributed by atoms with van der Waals surface area (Å²) in [4.78, 5) is 0.207. The zero-order valence-electron chi connectivity index (χ0n) is 16.7. The summed E-state index contributed by atoms with van der Waals surface area (Å²) >= 11 is 3.80. The minimum Gasteiger partial charge on any atom is -0.0786 e. The summed E-state index contributed by atoms with van der Waals surface area (Å²) in [7, 11) is 6.39. The fourth-order valence-corrected chi connectivity index (χ4v) is 4.06. The fourth-order valence-electron chi connectivity index (χ4n) is 3.45. The molecule has 2 heteroatoms. The molecule has 0 aliphatic carbocycles. The Morgan fingerprint density at radius 1 is 0.500 bits per heavy atom. The molecule has 2 unspecified atom stereocenters. The van der Waals surface area contributed by atoms with E-state index in [4.69, 9.17) is 7.85 Å². The van der Waals surface area contributed by atoms with E-state index in [0.717, 1.165) is 16.7 Å². The molecule has 0 amide bonds. The molecule has 4 rings (SSSR count). The van der Waals surface area contributed by atoms with Crippen LogP contribution in [0.5, 0.6) is 0 Å². The highest BCUT2D eigenvalue weighted by Crippen LogP contribution is 2.30. The van der Waals surface area contributed by atoms with Crippen LogP contribution in [0.2, 0.25) is 0 Å². The molecule has 2 atom stereocenters. The minimum atomic E-state index is -0.0985. The first kappa shape index (κ1) is 20.4. The van der Waals surface area contributed by atoms with Crippen molar-refractivity contribution in [3.8, 4) is 0 Å². The molecule has 0 aromatic heterocycles. The summed E-state index contributed by atoms with van der Waals surface area (Å²) in [5.74, 6) is -0.0985. The Bertz CT molecular complexity index is 994. The molecule has 0 saturated carbocycles. The molecule has 4 aromatic carbocycles. The Kier molecular flexibility index (Phi) is 6.66. The molecule has 0 aliphatic rings. The maximum atomic E-state index is 6.39. The normalized spacial score (nSPS) is 13.2. The maximum absolute atomic E-state index is 6.39. The van der Waals surface area contributed by atoms with Crippen molar-refractivity contribution in [2.45, 2.75) is 10.6 Å². The van der Waals surface area contributed by atoms with Gasteiger partial charge >= 0.3 is 0 Å². The van der Waals surface area contributed by atoms with Gasteiger partial charge in [-0.25, -0.2) is 0 Å². The van der Waals surface area contributed by atoms with Crippen molar-refractivity contribution in [2.75, 3.05) is 0 Å². The van der Waals surface area contributed by atoms with E-state index in [9.17, 15) is 0 Å². The van der Waals surface area contributed by atoms with Crippen LogP contribution in [-0.4, -0.2) is 7.85 Å². The number of halogens is 1. The van der Waals surface area contributed by atoms with Crippen molar-refractivity contribution in [1.29, 1.82) is 0 Å². The Hall–Kier alpha value is -2.84. The van der Waals surface area contributed by atoms with Gasteiger partial charge < -0.3 is 0 Å². The van der Waals surface area contributed by atoms with E-state index in [0.29, 0.717) is 0 Å². The van der Waals surface area contributed by atoms with E-state index in [2.05, 4.69) is 113 Å². The standard InChI is InChI=1S/C28H22BBr/c29-27(23-7-3-1-4-8-23)24-17-13-21(14-18-24)11-12-22-15-19-26(20-16-22)28(30)25-9-5-2-6-10-25/h1-20,27-28H/b12-11+. The van der Waals surface area contributed by atoms with E-state index in [1.165, 1.54) is 16.7 Å². The number of alkyl halides is 1. The fraction of sp³-hybridized carbons (Fsp3) is 0.0714.